The first-order valence-corrected chi connectivity index (χ1v) is 10.4. The zero-order valence-corrected chi connectivity index (χ0v) is 18.3. The maximum atomic E-state index is 12.7. The van der Waals surface area contributed by atoms with Crippen LogP contribution in [0.1, 0.15) is 16.7 Å². The molecule has 3 N–H and O–H groups in total. The fourth-order valence-electron chi connectivity index (χ4n) is 3.73. The molecule has 0 aliphatic rings. The number of nitrogens with one attached hydrogen (secondary N) is 1. The molecule has 0 radical (unpaired) electrons. The van der Waals surface area contributed by atoms with Gasteiger partial charge in [-0.3, -0.25) is 9.78 Å². The fraction of sp³-hybridized carbons (Fsp3) is 0.0769. The summed E-state index contributed by atoms with van der Waals surface area (Å²) in [6, 6.07) is 16.1. The van der Waals surface area contributed by atoms with Crippen LogP contribution in [-0.4, -0.2) is 21.1 Å². The third-order valence-corrected chi connectivity index (χ3v) is 5.50. The number of nitrogens with zero attached hydrogens (tertiary/aromatic N) is 1. The van der Waals surface area contributed by atoms with Crippen molar-refractivity contribution in [2.24, 2.45) is 0 Å². The van der Waals surface area contributed by atoms with E-state index in [1.165, 1.54) is 18.2 Å². The summed E-state index contributed by atoms with van der Waals surface area (Å²) in [5.41, 5.74) is 5.37. The minimum absolute atomic E-state index is 0.252. The van der Waals surface area contributed by atoms with Gasteiger partial charge in [0.1, 0.15) is 0 Å². The van der Waals surface area contributed by atoms with Crippen LogP contribution in [0, 0.1) is 13.8 Å². The van der Waals surface area contributed by atoms with Crippen LogP contribution in [-0.2, 0) is 4.79 Å². The number of amides is 1. The number of phenols is 2. The number of aromatic nitrogens is 1. The predicted octanol–water partition coefficient (Wildman–Crippen LogP) is 6.24. The molecule has 6 heteroatoms. The average molecular weight is 445 g/mol. The van der Waals surface area contributed by atoms with Crippen molar-refractivity contribution in [3.8, 4) is 22.6 Å². The van der Waals surface area contributed by atoms with Crippen LogP contribution < -0.4 is 5.32 Å². The Hall–Kier alpha value is -3.83. The van der Waals surface area contributed by atoms with Crippen LogP contribution in [0.4, 0.5) is 5.69 Å². The van der Waals surface area contributed by atoms with Crippen LogP contribution in [0.25, 0.3) is 28.1 Å². The van der Waals surface area contributed by atoms with E-state index in [1.807, 2.05) is 44.2 Å². The monoisotopic (exact) mass is 444 g/mol. The van der Waals surface area contributed by atoms with Crippen LogP contribution in [0.2, 0.25) is 5.02 Å². The second-order valence-corrected chi connectivity index (χ2v) is 7.95. The number of aromatic hydroxyl groups is 2. The van der Waals surface area contributed by atoms with Gasteiger partial charge >= 0.3 is 0 Å². The molecular formula is C26H21ClN2O3. The summed E-state index contributed by atoms with van der Waals surface area (Å²) in [5.74, 6) is -0.948. The number of fused-ring (bicyclic) bond motifs is 1. The topological polar surface area (TPSA) is 82.5 Å². The van der Waals surface area contributed by atoms with Crippen LogP contribution in [0.3, 0.4) is 0 Å². The first-order chi connectivity index (χ1) is 15.3. The summed E-state index contributed by atoms with van der Waals surface area (Å²) < 4.78 is 0. The number of phenolic OH excluding ortho intramolecular Hbond substituents is 2. The second-order valence-electron chi connectivity index (χ2n) is 7.54. The summed E-state index contributed by atoms with van der Waals surface area (Å²) in [6.07, 6.45) is 4.35. The number of benzene rings is 3. The van der Waals surface area contributed by atoms with E-state index in [9.17, 15) is 15.0 Å². The second kappa shape index (κ2) is 8.73. The molecule has 4 aromatic rings. The summed E-state index contributed by atoms with van der Waals surface area (Å²) in [7, 11) is 0. The zero-order chi connectivity index (χ0) is 22.8. The van der Waals surface area contributed by atoms with Crippen molar-refractivity contribution in [3.05, 3.63) is 88.6 Å². The number of halogens is 1. The highest BCUT2D eigenvalue weighted by Gasteiger charge is 2.16. The van der Waals surface area contributed by atoms with Crippen LogP contribution in [0.15, 0.2) is 66.9 Å². The van der Waals surface area contributed by atoms with Gasteiger partial charge in [0.2, 0.25) is 5.91 Å². The van der Waals surface area contributed by atoms with E-state index >= 15 is 0 Å². The zero-order valence-electron chi connectivity index (χ0n) is 17.6. The number of anilines is 1. The fourth-order valence-corrected chi connectivity index (χ4v) is 3.96. The largest absolute Gasteiger partial charge is 0.504 e. The van der Waals surface area contributed by atoms with Gasteiger partial charge in [-0.15, -0.1) is 0 Å². The Labute approximate surface area is 190 Å². The molecule has 0 saturated carbocycles. The first-order valence-electron chi connectivity index (χ1n) is 10.00. The summed E-state index contributed by atoms with van der Waals surface area (Å²) in [5, 5.41) is 23.9. The molecule has 160 valence electrons. The number of rotatable bonds is 4. The lowest BCUT2D eigenvalue weighted by molar-refractivity contribution is -0.111. The highest BCUT2D eigenvalue weighted by atomic mass is 35.5. The number of carbonyl (C=O) groups excluding carboxylic acids is 1. The molecule has 1 amide bonds. The number of hydrogen-bond donors (Lipinski definition) is 3. The maximum absolute atomic E-state index is 12.7. The molecule has 4 rings (SSSR count). The Morgan fingerprint density at radius 1 is 1.06 bits per heavy atom. The van der Waals surface area contributed by atoms with Gasteiger partial charge < -0.3 is 15.5 Å². The van der Waals surface area contributed by atoms with Gasteiger partial charge in [0.25, 0.3) is 0 Å². The molecule has 32 heavy (non-hydrogen) atoms. The Kier molecular flexibility index (Phi) is 5.84. The van der Waals surface area contributed by atoms with Gasteiger partial charge in [-0.05, 0) is 43.7 Å². The van der Waals surface area contributed by atoms with Crippen LogP contribution in [0.5, 0.6) is 11.5 Å². The minimum Gasteiger partial charge on any atom is -0.504 e. The average Bonchev–Trinajstić information content (AvgIpc) is 2.75. The number of pyridine rings is 1. The number of aryl methyl sites for hydroxylation is 2. The molecule has 1 heterocycles. The number of carbonyl (C=O) groups is 1. The molecule has 1 aromatic heterocycles. The van der Waals surface area contributed by atoms with Gasteiger partial charge in [-0.2, -0.15) is 0 Å². The molecule has 3 aromatic carbocycles. The van der Waals surface area contributed by atoms with Gasteiger partial charge in [0, 0.05) is 33.2 Å². The first kappa shape index (κ1) is 21.4. The van der Waals surface area contributed by atoms with Gasteiger partial charge in [-0.25, -0.2) is 0 Å². The van der Waals surface area contributed by atoms with Crippen molar-refractivity contribution in [1.82, 2.24) is 4.98 Å². The lowest BCUT2D eigenvalue weighted by Crippen LogP contribution is -2.10. The molecule has 0 aliphatic carbocycles. The van der Waals surface area contributed by atoms with Gasteiger partial charge in [0.05, 0.1) is 17.4 Å². The highest BCUT2D eigenvalue weighted by Crippen LogP contribution is 2.39. The van der Waals surface area contributed by atoms with Crippen molar-refractivity contribution in [3.63, 3.8) is 0 Å². The van der Waals surface area contributed by atoms with Crippen LogP contribution >= 0.6 is 11.6 Å². The summed E-state index contributed by atoms with van der Waals surface area (Å²) in [4.78, 5) is 17.3. The van der Waals surface area contributed by atoms with Crippen molar-refractivity contribution in [2.45, 2.75) is 13.8 Å². The van der Waals surface area contributed by atoms with Gasteiger partial charge in [-0.1, -0.05) is 53.6 Å². The maximum Gasteiger partial charge on any atom is 0.248 e. The smallest absolute Gasteiger partial charge is 0.248 e. The Morgan fingerprint density at radius 2 is 1.84 bits per heavy atom. The standard InChI is InChI=1S/C26H21ClN2O3/c1-15-12-16(2)25-19(13-15)24(18-7-3-4-8-20(18)27)21(14-28-25)29-23(31)11-10-17-6-5-9-22(30)26(17)32/h3-14,30,32H,1-2H3,(H,29,31)/b11-10+. The summed E-state index contributed by atoms with van der Waals surface area (Å²) >= 11 is 6.52. The number of para-hydroxylation sites is 1. The third kappa shape index (κ3) is 4.15. The Balaban J connectivity index is 1.79. The van der Waals surface area contributed by atoms with E-state index < -0.39 is 5.91 Å². The highest BCUT2D eigenvalue weighted by molar-refractivity contribution is 6.34. The van der Waals surface area contributed by atoms with E-state index in [4.69, 9.17) is 11.6 Å². The molecule has 5 nitrogen and oxygen atoms in total. The molecule has 0 aliphatic heterocycles. The van der Waals surface area contributed by atoms with E-state index in [-0.39, 0.29) is 11.5 Å². The van der Waals surface area contributed by atoms with E-state index in [0.29, 0.717) is 16.3 Å². The lowest BCUT2D eigenvalue weighted by Gasteiger charge is -2.16. The Bertz CT molecular complexity index is 1380. The van der Waals surface area contributed by atoms with Gasteiger partial charge in [0.15, 0.2) is 11.5 Å². The predicted molar refractivity (Wildman–Crippen MR) is 129 cm³/mol. The van der Waals surface area contributed by atoms with Crippen molar-refractivity contribution < 1.29 is 15.0 Å². The summed E-state index contributed by atoms with van der Waals surface area (Å²) in [6.45, 7) is 4.01. The lowest BCUT2D eigenvalue weighted by atomic mass is 9.96. The van der Waals surface area contributed by atoms with Crippen molar-refractivity contribution in [2.75, 3.05) is 5.32 Å². The molecule has 0 bridgehead atoms. The Morgan fingerprint density at radius 3 is 2.62 bits per heavy atom. The molecule has 0 spiro atoms. The molecule has 0 fully saturated rings. The van der Waals surface area contributed by atoms with E-state index in [0.717, 1.165) is 33.2 Å². The van der Waals surface area contributed by atoms with Crippen molar-refractivity contribution >= 4 is 40.2 Å². The SMILES string of the molecule is Cc1cc(C)c2ncc(NC(=O)/C=C/c3cccc(O)c3O)c(-c3ccccc3Cl)c2c1. The minimum atomic E-state index is -0.411. The van der Waals surface area contributed by atoms with Crippen molar-refractivity contribution in [1.29, 1.82) is 0 Å². The molecule has 0 saturated heterocycles. The molecular weight excluding hydrogens is 424 g/mol. The molecule has 0 unspecified atom stereocenters. The number of hydrogen-bond acceptors (Lipinski definition) is 4. The molecule has 0 atom stereocenters. The van der Waals surface area contributed by atoms with E-state index in [2.05, 4.69) is 16.4 Å². The quantitative estimate of drug-likeness (QED) is 0.257. The van der Waals surface area contributed by atoms with E-state index in [1.54, 1.807) is 18.3 Å². The third-order valence-electron chi connectivity index (χ3n) is 5.17. The normalized spacial score (nSPS) is 11.2.